The summed E-state index contributed by atoms with van der Waals surface area (Å²) in [6.45, 7) is 2.28. The molecule has 0 fully saturated rings. The number of ether oxygens (including phenoxy) is 1. The van der Waals surface area contributed by atoms with Gasteiger partial charge in [-0.1, -0.05) is 71.1 Å². The standard InChI is InChI=1S/C27H39N3O/c1-3-4-5-6-7-8-9-10-11-12-13-15-22-17-18-23(29-22)20-26-27(31-2)21-25(30-26)24-16-14-19-28-24/h14,16-21,28,30H,3-13,15H2,1-2H3. The van der Waals surface area contributed by atoms with Crippen molar-refractivity contribution in [2.45, 2.75) is 84.0 Å². The Morgan fingerprint density at radius 2 is 1.61 bits per heavy atom. The summed E-state index contributed by atoms with van der Waals surface area (Å²) in [6, 6.07) is 6.06. The van der Waals surface area contributed by atoms with E-state index in [-0.39, 0.29) is 0 Å². The quantitative estimate of drug-likeness (QED) is 0.281. The Morgan fingerprint density at radius 3 is 2.26 bits per heavy atom. The zero-order chi connectivity index (χ0) is 21.7. The summed E-state index contributed by atoms with van der Waals surface area (Å²) in [6.07, 6.45) is 24.4. The largest absolute Gasteiger partial charge is 0.494 e. The fourth-order valence-electron chi connectivity index (χ4n) is 4.13. The summed E-state index contributed by atoms with van der Waals surface area (Å²) in [5, 5.41) is 0. The van der Waals surface area contributed by atoms with Gasteiger partial charge in [0.2, 0.25) is 0 Å². The minimum atomic E-state index is 0.833. The molecule has 2 N–H and O–H groups in total. The second-order valence-corrected chi connectivity index (χ2v) is 8.54. The van der Waals surface area contributed by atoms with Crippen molar-refractivity contribution in [3.63, 3.8) is 0 Å². The van der Waals surface area contributed by atoms with Gasteiger partial charge in [-0.15, -0.1) is 0 Å². The smallest absolute Gasteiger partial charge is 0.144 e. The molecule has 3 rings (SSSR count). The van der Waals surface area contributed by atoms with Gasteiger partial charge in [0.25, 0.3) is 0 Å². The lowest BCUT2D eigenvalue weighted by atomic mass is 10.0. The number of unbranched alkanes of at least 4 members (excludes halogenated alkanes) is 10. The fourth-order valence-corrected chi connectivity index (χ4v) is 4.13. The average Bonchev–Trinajstić information content (AvgIpc) is 3.53. The van der Waals surface area contributed by atoms with Gasteiger partial charge < -0.3 is 14.7 Å². The molecule has 0 radical (unpaired) electrons. The number of aromatic amines is 2. The summed E-state index contributed by atoms with van der Waals surface area (Å²) in [5.74, 6) is 0.833. The molecule has 0 amide bonds. The van der Waals surface area contributed by atoms with Crippen LogP contribution in [0.4, 0.5) is 0 Å². The van der Waals surface area contributed by atoms with E-state index in [0.717, 1.165) is 34.9 Å². The molecule has 0 atom stereocenters. The van der Waals surface area contributed by atoms with Crippen LogP contribution in [0, 0.1) is 0 Å². The predicted octanol–water partition coefficient (Wildman–Crippen LogP) is 8.07. The molecule has 2 aromatic heterocycles. The maximum absolute atomic E-state index is 5.54. The Balaban J connectivity index is 1.37. The van der Waals surface area contributed by atoms with E-state index in [4.69, 9.17) is 9.73 Å². The zero-order valence-electron chi connectivity index (χ0n) is 19.4. The Bertz CT molecular complexity index is 855. The van der Waals surface area contributed by atoms with Crippen molar-refractivity contribution in [2.75, 3.05) is 7.11 Å². The van der Waals surface area contributed by atoms with Gasteiger partial charge >= 0.3 is 0 Å². The zero-order valence-corrected chi connectivity index (χ0v) is 19.4. The molecule has 168 valence electrons. The molecular formula is C27H39N3O. The van der Waals surface area contributed by atoms with Crippen LogP contribution in [-0.4, -0.2) is 22.8 Å². The van der Waals surface area contributed by atoms with Crippen LogP contribution in [0.2, 0.25) is 0 Å². The van der Waals surface area contributed by atoms with Gasteiger partial charge in [-0.3, -0.25) is 4.99 Å². The van der Waals surface area contributed by atoms with Crippen LogP contribution in [-0.2, 0) is 0 Å². The number of rotatable bonds is 15. The van der Waals surface area contributed by atoms with Crippen LogP contribution in [0.15, 0.2) is 47.2 Å². The Hall–Kier alpha value is -2.49. The van der Waals surface area contributed by atoms with E-state index in [1.807, 2.05) is 24.4 Å². The summed E-state index contributed by atoms with van der Waals surface area (Å²) in [7, 11) is 1.70. The van der Waals surface area contributed by atoms with E-state index in [1.54, 1.807) is 7.11 Å². The number of nitrogens with one attached hydrogen (secondary N) is 2. The molecule has 0 aliphatic carbocycles. The third kappa shape index (κ3) is 7.61. The lowest BCUT2D eigenvalue weighted by Gasteiger charge is -2.02. The van der Waals surface area contributed by atoms with Crippen LogP contribution in [0.3, 0.4) is 0 Å². The van der Waals surface area contributed by atoms with E-state index >= 15 is 0 Å². The van der Waals surface area contributed by atoms with Crippen molar-refractivity contribution in [3.05, 3.63) is 47.9 Å². The molecule has 0 spiro atoms. The van der Waals surface area contributed by atoms with Crippen molar-refractivity contribution in [1.82, 2.24) is 9.97 Å². The highest BCUT2D eigenvalue weighted by atomic mass is 16.5. The highest BCUT2D eigenvalue weighted by Gasteiger charge is 2.11. The summed E-state index contributed by atoms with van der Waals surface area (Å²) in [5.41, 5.74) is 5.19. The molecule has 4 heteroatoms. The molecule has 0 aromatic carbocycles. The van der Waals surface area contributed by atoms with Crippen LogP contribution in [0.5, 0.6) is 5.75 Å². The van der Waals surface area contributed by atoms with Gasteiger partial charge in [-0.05, 0) is 43.2 Å². The van der Waals surface area contributed by atoms with E-state index in [2.05, 4.69) is 35.1 Å². The monoisotopic (exact) mass is 421 g/mol. The second kappa shape index (κ2) is 13.0. The first-order valence-electron chi connectivity index (χ1n) is 12.2. The Labute approximate surface area is 187 Å². The number of hydrogen-bond acceptors (Lipinski definition) is 2. The fraction of sp³-hybridized carbons (Fsp3) is 0.519. The first-order valence-corrected chi connectivity index (χ1v) is 12.2. The molecule has 0 bridgehead atoms. The normalized spacial score (nSPS) is 14.5. The molecule has 4 nitrogen and oxygen atoms in total. The van der Waals surface area contributed by atoms with Gasteiger partial charge in [-0.2, -0.15) is 0 Å². The molecule has 2 aromatic rings. The first-order chi connectivity index (χ1) is 15.3. The summed E-state index contributed by atoms with van der Waals surface area (Å²) < 4.78 is 5.54. The topological polar surface area (TPSA) is 53.2 Å². The summed E-state index contributed by atoms with van der Waals surface area (Å²) in [4.78, 5) is 11.5. The maximum Gasteiger partial charge on any atom is 0.144 e. The van der Waals surface area contributed by atoms with Crippen LogP contribution in [0.25, 0.3) is 17.5 Å². The van der Waals surface area contributed by atoms with E-state index in [0.29, 0.717) is 0 Å². The van der Waals surface area contributed by atoms with Gasteiger partial charge in [-0.25, -0.2) is 0 Å². The number of aliphatic imine (C=N–C) groups is 1. The average molecular weight is 422 g/mol. The summed E-state index contributed by atoms with van der Waals surface area (Å²) >= 11 is 0. The van der Waals surface area contributed by atoms with Gasteiger partial charge in [0.15, 0.2) is 0 Å². The minimum absolute atomic E-state index is 0.833. The van der Waals surface area contributed by atoms with E-state index in [1.165, 1.54) is 76.3 Å². The van der Waals surface area contributed by atoms with E-state index in [9.17, 15) is 0 Å². The highest BCUT2D eigenvalue weighted by molar-refractivity contribution is 5.99. The molecule has 0 unspecified atom stereocenters. The molecule has 1 aliphatic heterocycles. The van der Waals surface area contributed by atoms with Crippen LogP contribution >= 0.6 is 0 Å². The number of methoxy groups -OCH3 is 1. The SMILES string of the molecule is CCCCCCCCCCCCCC1=NC(=Cc2[nH]c(-c3ccc[nH]3)cc2OC)C=C1. The van der Waals surface area contributed by atoms with Crippen molar-refractivity contribution < 1.29 is 4.74 Å². The molecule has 31 heavy (non-hydrogen) atoms. The lowest BCUT2D eigenvalue weighted by molar-refractivity contribution is 0.414. The third-order valence-electron chi connectivity index (χ3n) is 5.97. The predicted molar refractivity (Wildman–Crippen MR) is 133 cm³/mol. The Morgan fingerprint density at radius 1 is 0.903 bits per heavy atom. The van der Waals surface area contributed by atoms with Crippen molar-refractivity contribution in [3.8, 4) is 17.1 Å². The van der Waals surface area contributed by atoms with Gasteiger partial charge in [0.05, 0.1) is 29.9 Å². The van der Waals surface area contributed by atoms with Crippen molar-refractivity contribution >= 4 is 11.8 Å². The van der Waals surface area contributed by atoms with Crippen molar-refractivity contribution in [1.29, 1.82) is 0 Å². The van der Waals surface area contributed by atoms with Gasteiger partial charge in [0, 0.05) is 18.0 Å². The minimum Gasteiger partial charge on any atom is -0.494 e. The maximum atomic E-state index is 5.54. The second-order valence-electron chi connectivity index (χ2n) is 8.54. The number of aromatic nitrogens is 2. The number of allylic oxidation sites excluding steroid dienone is 2. The number of hydrogen-bond donors (Lipinski definition) is 2. The lowest BCUT2D eigenvalue weighted by Crippen LogP contribution is -1.90. The highest BCUT2D eigenvalue weighted by Crippen LogP contribution is 2.29. The van der Waals surface area contributed by atoms with Gasteiger partial charge in [0.1, 0.15) is 5.75 Å². The Kier molecular flexibility index (Phi) is 9.75. The van der Waals surface area contributed by atoms with E-state index < -0.39 is 0 Å². The number of H-pyrrole nitrogens is 2. The van der Waals surface area contributed by atoms with Crippen LogP contribution < -0.4 is 4.74 Å². The molecule has 3 heterocycles. The number of nitrogens with zero attached hydrogens (tertiary/aromatic N) is 1. The molecular weight excluding hydrogens is 382 g/mol. The molecule has 1 aliphatic rings. The first kappa shape index (κ1) is 23.2. The molecule has 0 saturated carbocycles. The van der Waals surface area contributed by atoms with Crippen LogP contribution in [0.1, 0.15) is 89.7 Å². The van der Waals surface area contributed by atoms with Crippen molar-refractivity contribution in [2.24, 2.45) is 4.99 Å². The molecule has 0 saturated heterocycles. The third-order valence-corrected chi connectivity index (χ3v) is 5.97.